The van der Waals surface area contributed by atoms with E-state index in [0.29, 0.717) is 25.9 Å². The summed E-state index contributed by atoms with van der Waals surface area (Å²) in [6.07, 6.45) is -6.08. The Labute approximate surface area is 160 Å². The van der Waals surface area contributed by atoms with Gasteiger partial charge in [0.2, 0.25) is 0 Å². The first kappa shape index (κ1) is 22.1. The summed E-state index contributed by atoms with van der Waals surface area (Å²) in [6, 6.07) is 2.65. The van der Waals surface area contributed by atoms with Gasteiger partial charge in [0.05, 0.1) is 11.7 Å². The number of amides is 1. The van der Waals surface area contributed by atoms with Crippen molar-refractivity contribution in [2.75, 3.05) is 13.1 Å². The minimum absolute atomic E-state index is 0.0321. The average Bonchev–Trinajstić information content (AvgIpc) is 2.59. The van der Waals surface area contributed by atoms with Crippen LogP contribution in [0.5, 0.6) is 0 Å². The number of aliphatic hydroxyl groups excluding tert-OH is 1. The van der Waals surface area contributed by atoms with Crippen LogP contribution in [0.15, 0.2) is 18.2 Å². The summed E-state index contributed by atoms with van der Waals surface area (Å²) in [5, 5.41) is 10.5. The first-order valence-electron chi connectivity index (χ1n) is 8.86. The van der Waals surface area contributed by atoms with E-state index in [2.05, 4.69) is 0 Å². The summed E-state index contributed by atoms with van der Waals surface area (Å²) in [7, 11) is 0. The zero-order chi connectivity index (χ0) is 21.3. The maximum Gasteiger partial charge on any atom is 0.454 e. The van der Waals surface area contributed by atoms with E-state index in [0.717, 1.165) is 18.2 Å². The average molecular weight is 405 g/mol. The van der Waals surface area contributed by atoms with Crippen LogP contribution >= 0.6 is 0 Å². The van der Waals surface area contributed by atoms with Crippen LogP contribution in [0, 0.1) is 11.7 Å². The van der Waals surface area contributed by atoms with Crippen LogP contribution in [0.25, 0.3) is 0 Å². The van der Waals surface area contributed by atoms with Crippen LogP contribution < -0.4 is 0 Å². The number of hydrogen-bond donors (Lipinski definition) is 1. The molecule has 1 aliphatic heterocycles. The number of likely N-dealkylation sites (tertiary alicyclic amines) is 1. The molecule has 1 aromatic rings. The Balaban J connectivity index is 2.07. The van der Waals surface area contributed by atoms with E-state index >= 15 is 0 Å². The number of piperidine rings is 1. The molecule has 0 bridgehead atoms. The van der Waals surface area contributed by atoms with Crippen molar-refractivity contribution >= 4 is 11.9 Å². The number of halogens is 4. The van der Waals surface area contributed by atoms with Crippen molar-refractivity contribution in [1.29, 1.82) is 0 Å². The smallest absolute Gasteiger partial charge is 0.444 e. The molecule has 1 aromatic carbocycles. The van der Waals surface area contributed by atoms with Gasteiger partial charge in [0.25, 0.3) is 5.78 Å². The number of ether oxygens (including phenoxy) is 1. The molecule has 1 N–H and O–H groups in total. The molecular weight excluding hydrogens is 382 g/mol. The van der Waals surface area contributed by atoms with Gasteiger partial charge in [-0.2, -0.15) is 13.2 Å². The highest BCUT2D eigenvalue weighted by atomic mass is 19.4. The first-order valence-corrected chi connectivity index (χ1v) is 8.86. The SMILES string of the molecule is CC(C)(C)OC(=O)N1CCC(C(O)c2ccc(F)c(C(=O)C(F)(F)F)c2)CC1. The molecule has 0 aromatic heterocycles. The lowest BCUT2D eigenvalue weighted by atomic mass is 9.86. The second kappa shape index (κ2) is 8.06. The van der Waals surface area contributed by atoms with Crippen molar-refractivity contribution in [2.45, 2.75) is 51.5 Å². The summed E-state index contributed by atoms with van der Waals surface area (Å²) >= 11 is 0. The van der Waals surface area contributed by atoms with Crippen molar-refractivity contribution in [2.24, 2.45) is 5.92 Å². The molecule has 2 rings (SSSR count). The summed E-state index contributed by atoms with van der Waals surface area (Å²) in [5.74, 6) is -3.94. The molecule has 0 radical (unpaired) electrons. The minimum Gasteiger partial charge on any atom is -0.444 e. The molecular formula is C19H23F4NO4. The maximum absolute atomic E-state index is 13.7. The molecule has 1 unspecified atom stereocenters. The highest BCUT2D eigenvalue weighted by Crippen LogP contribution is 2.33. The maximum atomic E-state index is 13.7. The lowest BCUT2D eigenvalue weighted by Crippen LogP contribution is -2.42. The summed E-state index contributed by atoms with van der Waals surface area (Å²) in [5.41, 5.74) is -1.72. The van der Waals surface area contributed by atoms with Crippen LogP contribution in [0.1, 0.15) is 55.6 Å². The van der Waals surface area contributed by atoms with E-state index in [9.17, 15) is 32.3 Å². The number of carbonyl (C=O) groups excluding carboxylic acids is 2. The quantitative estimate of drug-likeness (QED) is 0.603. The molecule has 28 heavy (non-hydrogen) atoms. The molecule has 1 atom stereocenters. The molecule has 1 aliphatic rings. The number of aliphatic hydroxyl groups is 1. The summed E-state index contributed by atoms with van der Waals surface area (Å²) in [6.45, 7) is 5.86. The fourth-order valence-electron chi connectivity index (χ4n) is 3.05. The highest BCUT2D eigenvalue weighted by molar-refractivity contribution is 6.00. The van der Waals surface area contributed by atoms with E-state index in [-0.39, 0.29) is 11.5 Å². The Bertz CT molecular complexity index is 734. The van der Waals surface area contributed by atoms with Gasteiger partial charge >= 0.3 is 12.3 Å². The van der Waals surface area contributed by atoms with Gasteiger partial charge in [0.15, 0.2) is 0 Å². The van der Waals surface area contributed by atoms with Gasteiger partial charge < -0.3 is 14.7 Å². The number of rotatable bonds is 3. The molecule has 156 valence electrons. The van der Waals surface area contributed by atoms with Gasteiger partial charge in [-0.1, -0.05) is 6.07 Å². The van der Waals surface area contributed by atoms with Crippen molar-refractivity contribution in [3.05, 3.63) is 35.1 Å². The standard InChI is InChI=1S/C19H23F4NO4/c1-18(2,3)28-17(27)24-8-6-11(7-9-24)15(25)12-4-5-14(20)13(10-12)16(26)19(21,22)23/h4-5,10-11,15,25H,6-9H2,1-3H3. The van der Waals surface area contributed by atoms with Gasteiger partial charge in [0, 0.05) is 13.1 Å². The predicted octanol–water partition coefficient (Wildman–Crippen LogP) is 4.25. The molecule has 1 amide bonds. The Morgan fingerprint density at radius 2 is 1.75 bits per heavy atom. The zero-order valence-electron chi connectivity index (χ0n) is 15.8. The molecule has 5 nitrogen and oxygen atoms in total. The summed E-state index contributed by atoms with van der Waals surface area (Å²) < 4.78 is 56.8. The number of Topliss-reactive ketones (excluding diaryl/α,β-unsaturated/α-hetero) is 1. The number of alkyl halides is 3. The van der Waals surface area contributed by atoms with Crippen LogP contribution in [0.3, 0.4) is 0 Å². The second-order valence-electron chi connectivity index (χ2n) is 7.82. The first-order chi connectivity index (χ1) is 12.8. The Kier molecular flexibility index (Phi) is 6.37. The third kappa shape index (κ3) is 5.43. The number of carbonyl (C=O) groups is 2. The molecule has 1 heterocycles. The van der Waals surface area contributed by atoms with Crippen LogP contribution in [-0.2, 0) is 4.74 Å². The van der Waals surface area contributed by atoms with Gasteiger partial charge in [0.1, 0.15) is 11.4 Å². The molecule has 0 aliphatic carbocycles. The minimum atomic E-state index is -5.21. The lowest BCUT2D eigenvalue weighted by molar-refractivity contribution is -0.0887. The summed E-state index contributed by atoms with van der Waals surface area (Å²) in [4.78, 5) is 24.9. The van der Waals surface area contributed by atoms with Crippen molar-refractivity contribution in [1.82, 2.24) is 4.90 Å². The number of hydrogen-bond acceptors (Lipinski definition) is 4. The fourth-order valence-corrected chi connectivity index (χ4v) is 3.05. The van der Waals surface area contributed by atoms with E-state index in [1.807, 2.05) is 0 Å². The Morgan fingerprint density at radius 1 is 1.18 bits per heavy atom. The predicted molar refractivity (Wildman–Crippen MR) is 92.3 cm³/mol. The normalized spacial score (nSPS) is 17.4. The van der Waals surface area contributed by atoms with E-state index in [1.54, 1.807) is 20.8 Å². The van der Waals surface area contributed by atoms with Crippen LogP contribution in [0.4, 0.5) is 22.4 Å². The molecule has 0 spiro atoms. The van der Waals surface area contributed by atoms with E-state index in [4.69, 9.17) is 4.74 Å². The third-order valence-corrected chi connectivity index (χ3v) is 4.47. The van der Waals surface area contributed by atoms with E-state index in [1.165, 1.54) is 4.90 Å². The molecule has 9 heteroatoms. The monoisotopic (exact) mass is 405 g/mol. The largest absolute Gasteiger partial charge is 0.454 e. The van der Waals surface area contributed by atoms with Crippen molar-refractivity contribution in [3.8, 4) is 0 Å². The molecule has 1 fully saturated rings. The van der Waals surface area contributed by atoms with Gasteiger partial charge in [-0.25, -0.2) is 9.18 Å². The van der Waals surface area contributed by atoms with Gasteiger partial charge in [-0.15, -0.1) is 0 Å². The van der Waals surface area contributed by atoms with Crippen LogP contribution in [-0.4, -0.2) is 46.7 Å². The number of ketones is 1. The molecule has 0 saturated carbocycles. The van der Waals surface area contributed by atoms with Gasteiger partial charge in [-0.05, 0) is 57.2 Å². The molecule has 1 saturated heterocycles. The van der Waals surface area contributed by atoms with E-state index < -0.39 is 41.1 Å². The van der Waals surface area contributed by atoms with Crippen molar-refractivity contribution in [3.63, 3.8) is 0 Å². The number of nitrogens with zero attached hydrogens (tertiary/aromatic N) is 1. The Hall–Kier alpha value is -2.16. The third-order valence-electron chi connectivity index (χ3n) is 4.47. The topological polar surface area (TPSA) is 66.8 Å². The lowest BCUT2D eigenvalue weighted by Gasteiger charge is -2.35. The number of benzene rings is 1. The zero-order valence-corrected chi connectivity index (χ0v) is 15.8. The van der Waals surface area contributed by atoms with Crippen molar-refractivity contribution < 1.29 is 37.0 Å². The fraction of sp³-hybridized carbons (Fsp3) is 0.579. The highest BCUT2D eigenvalue weighted by Gasteiger charge is 2.41. The Morgan fingerprint density at radius 3 is 2.25 bits per heavy atom. The van der Waals surface area contributed by atoms with Gasteiger partial charge in [-0.3, -0.25) is 4.79 Å². The van der Waals surface area contributed by atoms with Crippen LogP contribution in [0.2, 0.25) is 0 Å². The second-order valence-corrected chi connectivity index (χ2v) is 7.82.